The Morgan fingerprint density at radius 3 is 2.62 bits per heavy atom. The molecule has 0 aliphatic carbocycles. The minimum Gasteiger partial charge on any atom is -0.324 e. The summed E-state index contributed by atoms with van der Waals surface area (Å²) < 4.78 is 0. The van der Waals surface area contributed by atoms with E-state index < -0.39 is 0 Å². The molecule has 118 valence electrons. The van der Waals surface area contributed by atoms with Gasteiger partial charge in [-0.25, -0.2) is 0 Å². The summed E-state index contributed by atoms with van der Waals surface area (Å²) in [7, 11) is 4.46. The Kier molecular flexibility index (Phi) is 6.22. The molecule has 1 saturated heterocycles. The molecule has 1 aliphatic rings. The molecule has 1 atom stereocenters. The number of piperidine rings is 1. The fourth-order valence-corrected chi connectivity index (χ4v) is 3.29. The molecule has 1 unspecified atom stereocenters. The molecule has 2 rings (SSSR count). The molecular weight excluding hydrogens is 258 g/mol. The summed E-state index contributed by atoms with van der Waals surface area (Å²) in [4.78, 5) is 4.90. The second-order valence-corrected chi connectivity index (χ2v) is 6.76. The lowest BCUT2D eigenvalue weighted by Gasteiger charge is -2.32. The van der Waals surface area contributed by atoms with Gasteiger partial charge in [-0.2, -0.15) is 0 Å². The van der Waals surface area contributed by atoms with Crippen molar-refractivity contribution in [1.29, 1.82) is 0 Å². The van der Waals surface area contributed by atoms with Gasteiger partial charge in [0.1, 0.15) is 0 Å². The average molecular weight is 289 g/mol. The van der Waals surface area contributed by atoms with Crippen molar-refractivity contribution in [1.82, 2.24) is 9.80 Å². The van der Waals surface area contributed by atoms with Crippen LogP contribution in [0, 0.1) is 12.8 Å². The van der Waals surface area contributed by atoms with Crippen molar-refractivity contribution in [3.05, 3.63) is 35.4 Å². The SMILES string of the molecule is Cc1ccccc1C(N)CCN(C)CC1CCN(C)CC1. The van der Waals surface area contributed by atoms with Crippen LogP contribution in [-0.4, -0.2) is 50.1 Å². The summed E-state index contributed by atoms with van der Waals surface area (Å²) in [5.41, 5.74) is 8.97. The van der Waals surface area contributed by atoms with Crippen molar-refractivity contribution in [2.75, 3.05) is 40.3 Å². The number of nitrogens with two attached hydrogens (primary N) is 1. The zero-order valence-corrected chi connectivity index (χ0v) is 13.9. The molecule has 1 aliphatic heterocycles. The van der Waals surface area contributed by atoms with Crippen LogP contribution in [0.4, 0.5) is 0 Å². The minimum atomic E-state index is 0.158. The van der Waals surface area contributed by atoms with Gasteiger partial charge in [0.05, 0.1) is 0 Å². The summed E-state index contributed by atoms with van der Waals surface area (Å²) in [5, 5.41) is 0. The molecule has 3 heteroatoms. The highest BCUT2D eigenvalue weighted by molar-refractivity contribution is 5.28. The van der Waals surface area contributed by atoms with Crippen LogP contribution in [0.5, 0.6) is 0 Å². The van der Waals surface area contributed by atoms with Crippen LogP contribution in [0.2, 0.25) is 0 Å². The molecule has 21 heavy (non-hydrogen) atoms. The van der Waals surface area contributed by atoms with Crippen LogP contribution < -0.4 is 5.73 Å². The zero-order chi connectivity index (χ0) is 15.2. The van der Waals surface area contributed by atoms with E-state index in [0.29, 0.717) is 0 Å². The third-order valence-corrected chi connectivity index (χ3v) is 4.82. The average Bonchev–Trinajstić information content (AvgIpc) is 2.48. The molecule has 0 amide bonds. The van der Waals surface area contributed by atoms with Gasteiger partial charge in [0.25, 0.3) is 0 Å². The Morgan fingerprint density at radius 1 is 1.29 bits per heavy atom. The number of benzene rings is 1. The first-order valence-electron chi connectivity index (χ1n) is 8.24. The van der Waals surface area contributed by atoms with Gasteiger partial charge in [-0.3, -0.25) is 0 Å². The van der Waals surface area contributed by atoms with Gasteiger partial charge < -0.3 is 15.5 Å². The normalized spacial score (nSPS) is 19.1. The number of aryl methyl sites for hydroxylation is 1. The molecule has 2 N–H and O–H groups in total. The van der Waals surface area contributed by atoms with Crippen LogP contribution in [0.1, 0.15) is 36.4 Å². The summed E-state index contributed by atoms with van der Waals surface area (Å²) in [6, 6.07) is 8.64. The predicted octanol–water partition coefficient (Wildman–Crippen LogP) is 2.66. The quantitative estimate of drug-likeness (QED) is 0.874. The number of rotatable bonds is 6. The van der Waals surface area contributed by atoms with E-state index >= 15 is 0 Å². The van der Waals surface area contributed by atoms with Gasteiger partial charge in [-0.05, 0) is 77.0 Å². The number of hydrogen-bond donors (Lipinski definition) is 1. The third kappa shape index (κ3) is 5.10. The van der Waals surface area contributed by atoms with Crippen molar-refractivity contribution < 1.29 is 0 Å². The molecule has 0 radical (unpaired) electrons. The summed E-state index contributed by atoms with van der Waals surface area (Å²) in [6.07, 6.45) is 3.71. The van der Waals surface area contributed by atoms with E-state index in [1.807, 2.05) is 0 Å². The van der Waals surface area contributed by atoms with Crippen molar-refractivity contribution in [3.8, 4) is 0 Å². The fourth-order valence-electron chi connectivity index (χ4n) is 3.29. The van der Waals surface area contributed by atoms with Gasteiger partial charge >= 0.3 is 0 Å². The first-order chi connectivity index (χ1) is 10.1. The van der Waals surface area contributed by atoms with E-state index in [1.54, 1.807) is 0 Å². The molecular formula is C18H31N3. The van der Waals surface area contributed by atoms with Crippen LogP contribution in [0.25, 0.3) is 0 Å². The molecule has 0 bridgehead atoms. The Hall–Kier alpha value is -0.900. The first kappa shape index (κ1) is 16.5. The monoisotopic (exact) mass is 289 g/mol. The second kappa shape index (κ2) is 7.92. The lowest BCUT2D eigenvalue weighted by atomic mass is 9.96. The molecule has 3 nitrogen and oxygen atoms in total. The van der Waals surface area contributed by atoms with Gasteiger partial charge in [-0.1, -0.05) is 24.3 Å². The smallest absolute Gasteiger partial charge is 0.0309 e. The van der Waals surface area contributed by atoms with E-state index in [1.165, 1.54) is 43.6 Å². The highest BCUT2D eigenvalue weighted by atomic mass is 15.1. The van der Waals surface area contributed by atoms with Crippen molar-refractivity contribution in [2.45, 2.75) is 32.2 Å². The van der Waals surface area contributed by atoms with E-state index in [2.05, 4.69) is 55.1 Å². The van der Waals surface area contributed by atoms with Gasteiger partial charge in [0.15, 0.2) is 0 Å². The highest BCUT2D eigenvalue weighted by Gasteiger charge is 2.18. The summed E-state index contributed by atoms with van der Waals surface area (Å²) in [5.74, 6) is 0.862. The largest absolute Gasteiger partial charge is 0.324 e. The topological polar surface area (TPSA) is 32.5 Å². The van der Waals surface area contributed by atoms with Crippen LogP contribution >= 0.6 is 0 Å². The van der Waals surface area contributed by atoms with Crippen LogP contribution in [0.3, 0.4) is 0 Å². The number of hydrogen-bond acceptors (Lipinski definition) is 3. The zero-order valence-electron chi connectivity index (χ0n) is 13.9. The van der Waals surface area contributed by atoms with E-state index in [9.17, 15) is 0 Å². The van der Waals surface area contributed by atoms with E-state index in [4.69, 9.17) is 5.73 Å². The lowest BCUT2D eigenvalue weighted by molar-refractivity contribution is 0.174. The van der Waals surface area contributed by atoms with E-state index in [-0.39, 0.29) is 6.04 Å². The maximum atomic E-state index is 6.36. The third-order valence-electron chi connectivity index (χ3n) is 4.82. The number of nitrogens with zero attached hydrogens (tertiary/aromatic N) is 2. The molecule has 1 aromatic rings. The lowest BCUT2D eigenvalue weighted by Crippen LogP contribution is -2.36. The van der Waals surface area contributed by atoms with E-state index in [0.717, 1.165) is 18.9 Å². The van der Waals surface area contributed by atoms with Crippen molar-refractivity contribution in [2.24, 2.45) is 11.7 Å². The summed E-state index contributed by atoms with van der Waals surface area (Å²) >= 11 is 0. The highest BCUT2D eigenvalue weighted by Crippen LogP contribution is 2.20. The van der Waals surface area contributed by atoms with Gasteiger partial charge in [0.2, 0.25) is 0 Å². The standard InChI is InChI=1S/C18H31N3/c1-15-6-4-5-7-17(15)18(19)10-13-21(3)14-16-8-11-20(2)12-9-16/h4-7,16,18H,8-14,19H2,1-3H3. The fraction of sp³-hybridized carbons (Fsp3) is 0.667. The second-order valence-electron chi connectivity index (χ2n) is 6.76. The molecule has 1 fully saturated rings. The maximum Gasteiger partial charge on any atom is 0.0309 e. The molecule has 0 saturated carbocycles. The van der Waals surface area contributed by atoms with Crippen LogP contribution in [-0.2, 0) is 0 Å². The Bertz CT molecular complexity index is 424. The molecule has 0 aromatic heterocycles. The molecule has 1 aromatic carbocycles. The van der Waals surface area contributed by atoms with Gasteiger partial charge in [0, 0.05) is 12.6 Å². The minimum absolute atomic E-state index is 0.158. The van der Waals surface area contributed by atoms with Crippen molar-refractivity contribution in [3.63, 3.8) is 0 Å². The Labute approximate surface area is 130 Å². The number of likely N-dealkylation sites (tertiary alicyclic amines) is 1. The van der Waals surface area contributed by atoms with Gasteiger partial charge in [-0.15, -0.1) is 0 Å². The van der Waals surface area contributed by atoms with Crippen LogP contribution in [0.15, 0.2) is 24.3 Å². The summed E-state index contributed by atoms with van der Waals surface area (Å²) in [6.45, 7) is 6.95. The molecule has 0 spiro atoms. The van der Waals surface area contributed by atoms with Crippen molar-refractivity contribution >= 4 is 0 Å². The Morgan fingerprint density at radius 2 is 1.95 bits per heavy atom. The molecule has 1 heterocycles. The Balaban J connectivity index is 1.73. The predicted molar refractivity (Wildman–Crippen MR) is 90.4 cm³/mol. The maximum absolute atomic E-state index is 6.36. The first-order valence-corrected chi connectivity index (χ1v) is 8.24.